The van der Waals surface area contributed by atoms with E-state index < -0.39 is 0 Å². The third-order valence-corrected chi connectivity index (χ3v) is 3.78. The minimum Gasteiger partial charge on any atom is -0.397 e. The van der Waals surface area contributed by atoms with Gasteiger partial charge in [0.05, 0.1) is 11.4 Å². The number of nitrogen functional groups attached to an aromatic ring is 1. The highest BCUT2D eigenvalue weighted by Crippen LogP contribution is 2.29. The third-order valence-electron chi connectivity index (χ3n) is 3.28. The van der Waals surface area contributed by atoms with Gasteiger partial charge in [0.1, 0.15) is 0 Å². The maximum atomic E-state index is 6.04. The van der Waals surface area contributed by atoms with Crippen LogP contribution in [0, 0.1) is 0 Å². The topological polar surface area (TPSA) is 32.5 Å². The molecule has 1 aliphatic heterocycles. The zero-order chi connectivity index (χ0) is 11.7. The molecule has 0 aliphatic carbocycles. The van der Waals surface area contributed by atoms with Crippen molar-refractivity contribution in [3.63, 3.8) is 0 Å². The molecule has 1 fully saturated rings. The van der Waals surface area contributed by atoms with Gasteiger partial charge < -0.3 is 15.5 Å². The molecule has 16 heavy (non-hydrogen) atoms. The number of likely N-dealkylation sites (tertiary alicyclic amines) is 1. The monoisotopic (exact) mass is 283 g/mol. The van der Waals surface area contributed by atoms with Gasteiger partial charge in [-0.3, -0.25) is 0 Å². The zero-order valence-electron chi connectivity index (χ0n) is 9.78. The molecule has 0 saturated carbocycles. The van der Waals surface area contributed by atoms with Crippen LogP contribution in [0.2, 0.25) is 0 Å². The van der Waals surface area contributed by atoms with Crippen LogP contribution in [-0.2, 0) is 0 Å². The summed E-state index contributed by atoms with van der Waals surface area (Å²) in [5.41, 5.74) is 8.01. The molecule has 0 aromatic heterocycles. The van der Waals surface area contributed by atoms with Gasteiger partial charge in [-0.1, -0.05) is 15.9 Å². The van der Waals surface area contributed by atoms with Crippen LogP contribution in [0.4, 0.5) is 11.4 Å². The summed E-state index contributed by atoms with van der Waals surface area (Å²) in [4.78, 5) is 4.65. The molecule has 4 heteroatoms. The van der Waals surface area contributed by atoms with Crippen LogP contribution < -0.4 is 10.6 Å². The minimum absolute atomic E-state index is 0.577. The highest BCUT2D eigenvalue weighted by Gasteiger charge is 2.24. The first-order valence-electron chi connectivity index (χ1n) is 5.54. The molecule has 1 saturated heterocycles. The van der Waals surface area contributed by atoms with Crippen molar-refractivity contribution in [3.05, 3.63) is 22.7 Å². The molecule has 1 atom stereocenters. The Morgan fingerprint density at radius 1 is 1.50 bits per heavy atom. The third kappa shape index (κ3) is 2.33. The van der Waals surface area contributed by atoms with Gasteiger partial charge >= 0.3 is 0 Å². The summed E-state index contributed by atoms with van der Waals surface area (Å²) >= 11 is 3.43. The summed E-state index contributed by atoms with van der Waals surface area (Å²) in [6, 6.07) is 6.66. The molecule has 0 bridgehead atoms. The molecule has 1 aliphatic rings. The van der Waals surface area contributed by atoms with Crippen molar-refractivity contribution >= 4 is 27.3 Å². The highest BCUT2D eigenvalue weighted by molar-refractivity contribution is 9.10. The molecule has 0 amide bonds. The lowest BCUT2D eigenvalue weighted by atomic mass is 10.2. The van der Waals surface area contributed by atoms with E-state index in [2.05, 4.69) is 45.9 Å². The van der Waals surface area contributed by atoms with Gasteiger partial charge in [0.2, 0.25) is 0 Å². The van der Waals surface area contributed by atoms with Gasteiger partial charge in [-0.05, 0) is 38.2 Å². The van der Waals surface area contributed by atoms with Crippen LogP contribution in [0.1, 0.15) is 6.42 Å². The average molecular weight is 284 g/mol. The van der Waals surface area contributed by atoms with Crippen molar-refractivity contribution in [2.45, 2.75) is 12.5 Å². The van der Waals surface area contributed by atoms with Crippen LogP contribution in [0.15, 0.2) is 22.7 Å². The molecule has 1 unspecified atom stereocenters. The molecule has 88 valence electrons. The number of rotatable bonds is 2. The molecule has 1 aromatic carbocycles. The first-order chi connectivity index (χ1) is 7.58. The summed E-state index contributed by atoms with van der Waals surface area (Å²) in [5.74, 6) is 0. The van der Waals surface area contributed by atoms with Gasteiger partial charge in [-0.25, -0.2) is 0 Å². The van der Waals surface area contributed by atoms with Crippen molar-refractivity contribution in [2.24, 2.45) is 0 Å². The van der Waals surface area contributed by atoms with E-state index in [0.717, 1.165) is 22.4 Å². The average Bonchev–Trinajstić information content (AvgIpc) is 2.64. The Morgan fingerprint density at radius 3 is 2.81 bits per heavy atom. The maximum absolute atomic E-state index is 6.04. The molecule has 2 rings (SSSR count). The number of halogens is 1. The summed E-state index contributed by atoms with van der Waals surface area (Å²) in [6.07, 6.45) is 1.21. The van der Waals surface area contributed by atoms with Gasteiger partial charge in [-0.2, -0.15) is 0 Å². The Labute approximate surface area is 105 Å². The summed E-state index contributed by atoms with van der Waals surface area (Å²) < 4.78 is 1.03. The first kappa shape index (κ1) is 11.7. The van der Waals surface area contributed by atoms with E-state index in [4.69, 9.17) is 5.73 Å². The molecular weight excluding hydrogens is 266 g/mol. The Balaban J connectivity index is 2.17. The van der Waals surface area contributed by atoms with E-state index >= 15 is 0 Å². The highest BCUT2D eigenvalue weighted by atomic mass is 79.9. The second kappa shape index (κ2) is 4.63. The van der Waals surface area contributed by atoms with Crippen LogP contribution in [0.3, 0.4) is 0 Å². The zero-order valence-corrected chi connectivity index (χ0v) is 11.4. The van der Waals surface area contributed by atoms with Crippen molar-refractivity contribution in [1.29, 1.82) is 0 Å². The molecule has 0 radical (unpaired) electrons. The number of hydrogen-bond donors (Lipinski definition) is 1. The lowest BCUT2D eigenvalue weighted by Crippen LogP contribution is -2.34. The van der Waals surface area contributed by atoms with Crippen LogP contribution in [0.25, 0.3) is 0 Å². The Bertz CT molecular complexity index is 381. The fourth-order valence-corrected chi connectivity index (χ4v) is 2.65. The van der Waals surface area contributed by atoms with Crippen LogP contribution in [-0.4, -0.2) is 38.1 Å². The lowest BCUT2D eigenvalue weighted by molar-refractivity contribution is 0.409. The quantitative estimate of drug-likeness (QED) is 0.845. The first-order valence-corrected chi connectivity index (χ1v) is 6.33. The number of anilines is 2. The molecular formula is C12H18BrN3. The predicted octanol–water partition coefficient (Wildman–Crippen LogP) is 2.17. The fourth-order valence-electron chi connectivity index (χ4n) is 2.27. The molecule has 0 spiro atoms. The Kier molecular flexibility index (Phi) is 3.40. The van der Waals surface area contributed by atoms with Gasteiger partial charge in [-0.15, -0.1) is 0 Å². The van der Waals surface area contributed by atoms with E-state index in [1.54, 1.807) is 0 Å². The predicted molar refractivity (Wildman–Crippen MR) is 72.9 cm³/mol. The van der Waals surface area contributed by atoms with Crippen LogP contribution >= 0.6 is 15.9 Å². The van der Waals surface area contributed by atoms with E-state index in [0.29, 0.717) is 6.04 Å². The Morgan fingerprint density at radius 2 is 2.25 bits per heavy atom. The number of hydrogen-bond acceptors (Lipinski definition) is 3. The largest absolute Gasteiger partial charge is 0.397 e. The fraction of sp³-hybridized carbons (Fsp3) is 0.500. The normalized spacial score (nSPS) is 21.3. The lowest BCUT2D eigenvalue weighted by Gasteiger charge is -2.27. The molecule has 2 N–H and O–H groups in total. The van der Waals surface area contributed by atoms with Crippen molar-refractivity contribution in [2.75, 3.05) is 37.8 Å². The van der Waals surface area contributed by atoms with Gasteiger partial charge in [0.25, 0.3) is 0 Å². The maximum Gasteiger partial charge on any atom is 0.0601 e. The summed E-state index contributed by atoms with van der Waals surface area (Å²) in [5, 5.41) is 0. The smallest absolute Gasteiger partial charge is 0.0601 e. The number of benzene rings is 1. The molecule has 1 aromatic rings. The van der Waals surface area contributed by atoms with Crippen molar-refractivity contribution < 1.29 is 0 Å². The molecule has 3 nitrogen and oxygen atoms in total. The summed E-state index contributed by atoms with van der Waals surface area (Å²) in [7, 11) is 4.29. The summed E-state index contributed by atoms with van der Waals surface area (Å²) in [6.45, 7) is 2.29. The second-order valence-corrected chi connectivity index (χ2v) is 5.43. The van der Waals surface area contributed by atoms with Gasteiger partial charge in [0.15, 0.2) is 0 Å². The van der Waals surface area contributed by atoms with E-state index in [1.165, 1.54) is 13.0 Å². The Hall–Kier alpha value is -0.740. The van der Waals surface area contributed by atoms with E-state index in [-0.39, 0.29) is 0 Å². The minimum atomic E-state index is 0.577. The SMILES string of the molecule is CN1CCC(N(C)c2ccc(Br)cc2N)C1. The van der Waals surface area contributed by atoms with E-state index in [1.807, 2.05) is 12.1 Å². The number of nitrogens with two attached hydrogens (primary N) is 1. The van der Waals surface area contributed by atoms with Crippen LogP contribution in [0.5, 0.6) is 0 Å². The van der Waals surface area contributed by atoms with Crippen molar-refractivity contribution in [1.82, 2.24) is 4.90 Å². The van der Waals surface area contributed by atoms with Gasteiger partial charge in [0, 0.05) is 24.1 Å². The van der Waals surface area contributed by atoms with Crippen molar-refractivity contribution in [3.8, 4) is 0 Å². The second-order valence-electron chi connectivity index (χ2n) is 4.52. The molecule has 1 heterocycles. The number of nitrogens with zero attached hydrogens (tertiary/aromatic N) is 2. The number of likely N-dealkylation sites (N-methyl/N-ethyl adjacent to an activating group) is 2. The van der Waals surface area contributed by atoms with E-state index in [9.17, 15) is 0 Å². The standard InChI is InChI=1S/C12H18BrN3/c1-15-6-5-10(8-15)16(2)12-4-3-9(13)7-11(12)14/h3-4,7,10H,5-6,8,14H2,1-2H3.